The minimum atomic E-state index is -0.608. The predicted molar refractivity (Wildman–Crippen MR) is 84.7 cm³/mol. The van der Waals surface area contributed by atoms with Crippen LogP contribution in [0.5, 0.6) is 5.75 Å². The summed E-state index contributed by atoms with van der Waals surface area (Å²) >= 11 is 3.40. The van der Waals surface area contributed by atoms with Crippen LogP contribution in [0.25, 0.3) is 0 Å². The van der Waals surface area contributed by atoms with E-state index >= 15 is 0 Å². The van der Waals surface area contributed by atoms with Gasteiger partial charge in [0.05, 0.1) is 13.0 Å². The van der Waals surface area contributed by atoms with Crippen LogP contribution < -0.4 is 10.5 Å². The highest BCUT2D eigenvalue weighted by Crippen LogP contribution is 2.43. The van der Waals surface area contributed by atoms with Crippen molar-refractivity contribution in [2.75, 3.05) is 7.11 Å². The van der Waals surface area contributed by atoms with Crippen molar-refractivity contribution in [3.05, 3.63) is 51.0 Å². The molecule has 2 rings (SSSR count). The molecule has 0 bridgehead atoms. The molecule has 22 heavy (non-hydrogen) atoms. The number of methoxy groups -OCH3 is 1. The Morgan fingerprint density at radius 2 is 2.18 bits per heavy atom. The molecule has 0 aromatic heterocycles. The molecular formula is C16H15BrN2O3. The molecule has 1 aromatic carbocycles. The van der Waals surface area contributed by atoms with Crippen molar-refractivity contribution >= 4 is 21.7 Å². The number of allylic oxidation sites excluding steroid dienone is 3. The van der Waals surface area contributed by atoms with Gasteiger partial charge in [0.1, 0.15) is 23.2 Å². The van der Waals surface area contributed by atoms with Crippen LogP contribution in [-0.2, 0) is 9.53 Å². The van der Waals surface area contributed by atoms with Gasteiger partial charge in [-0.15, -0.1) is 0 Å². The summed E-state index contributed by atoms with van der Waals surface area (Å²) in [6, 6.07) is 7.46. The first-order chi connectivity index (χ1) is 10.4. The van der Waals surface area contributed by atoms with Gasteiger partial charge in [0.2, 0.25) is 5.88 Å². The third-order valence-corrected chi connectivity index (χ3v) is 3.98. The summed E-state index contributed by atoms with van der Waals surface area (Å²) in [5, 5.41) is 9.46. The van der Waals surface area contributed by atoms with Crippen LogP contribution in [0.4, 0.5) is 0 Å². The van der Waals surface area contributed by atoms with Crippen molar-refractivity contribution in [1.29, 1.82) is 5.26 Å². The van der Waals surface area contributed by atoms with Gasteiger partial charge >= 0.3 is 0 Å². The molecule has 1 heterocycles. The fourth-order valence-electron chi connectivity index (χ4n) is 2.58. The van der Waals surface area contributed by atoms with Crippen molar-refractivity contribution in [1.82, 2.24) is 0 Å². The number of halogens is 1. The number of ketones is 1. The molecule has 114 valence electrons. The number of carbonyl (C=O) groups excluding carboxylic acids is 1. The normalized spacial score (nSPS) is 17.9. The summed E-state index contributed by atoms with van der Waals surface area (Å²) in [5.74, 6) is 0.198. The van der Waals surface area contributed by atoms with E-state index in [1.54, 1.807) is 13.0 Å². The SMILES string of the molecule is COc1ccc(Br)cc1[C@@H]1C(C#N)=C(N)OC(C)=C1C(C)=O. The number of hydrogen-bond donors (Lipinski definition) is 1. The lowest BCUT2D eigenvalue weighted by molar-refractivity contribution is -0.114. The van der Waals surface area contributed by atoms with E-state index in [0.29, 0.717) is 22.6 Å². The maximum absolute atomic E-state index is 12.1. The third-order valence-electron chi connectivity index (χ3n) is 3.49. The monoisotopic (exact) mass is 362 g/mol. The number of hydrogen-bond acceptors (Lipinski definition) is 5. The molecule has 1 aromatic rings. The smallest absolute Gasteiger partial charge is 0.205 e. The van der Waals surface area contributed by atoms with Crippen LogP contribution >= 0.6 is 15.9 Å². The van der Waals surface area contributed by atoms with Gasteiger partial charge in [-0.3, -0.25) is 4.79 Å². The first kappa shape index (κ1) is 16.1. The van der Waals surface area contributed by atoms with Gasteiger partial charge in [0.15, 0.2) is 5.78 Å². The zero-order valence-electron chi connectivity index (χ0n) is 12.4. The first-order valence-electron chi connectivity index (χ1n) is 6.53. The van der Waals surface area contributed by atoms with E-state index < -0.39 is 5.92 Å². The van der Waals surface area contributed by atoms with Gasteiger partial charge in [-0.05, 0) is 32.0 Å². The average Bonchev–Trinajstić information content (AvgIpc) is 2.45. The van der Waals surface area contributed by atoms with E-state index in [0.717, 1.165) is 4.47 Å². The summed E-state index contributed by atoms with van der Waals surface area (Å²) in [7, 11) is 1.54. The minimum Gasteiger partial charge on any atom is -0.496 e. The zero-order valence-corrected chi connectivity index (χ0v) is 14.0. The standard InChI is InChI=1S/C16H15BrN2O3/c1-8(20)14-9(2)22-16(19)12(7-18)15(14)11-6-10(17)4-5-13(11)21-3/h4-6,15H,19H2,1-3H3/t15-/m1/s1. The molecule has 0 saturated carbocycles. The molecule has 0 fully saturated rings. The second kappa shape index (κ2) is 6.24. The first-order valence-corrected chi connectivity index (χ1v) is 7.32. The van der Waals surface area contributed by atoms with Crippen molar-refractivity contribution < 1.29 is 14.3 Å². The van der Waals surface area contributed by atoms with Gasteiger partial charge < -0.3 is 15.2 Å². The molecular weight excluding hydrogens is 348 g/mol. The second-order valence-corrected chi connectivity index (χ2v) is 5.75. The van der Waals surface area contributed by atoms with Gasteiger partial charge in [0, 0.05) is 15.6 Å². The molecule has 5 nitrogen and oxygen atoms in total. The van der Waals surface area contributed by atoms with E-state index in [1.807, 2.05) is 12.1 Å². The molecule has 0 spiro atoms. The number of Topliss-reactive ketones (excluding diaryl/α,β-unsaturated/α-hetero) is 1. The lowest BCUT2D eigenvalue weighted by Crippen LogP contribution is -2.23. The molecule has 0 radical (unpaired) electrons. The third kappa shape index (κ3) is 2.72. The Hall–Kier alpha value is -2.26. The Labute approximate surface area is 137 Å². The van der Waals surface area contributed by atoms with Crippen molar-refractivity contribution in [3.8, 4) is 11.8 Å². The Morgan fingerprint density at radius 3 is 2.73 bits per heavy atom. The topological polar surface area (TPSA) is 85.3 Å². The van der Waals surface area contributed by atoms with Crippen molar-refractivity contribution in [2.45, 2.75) is 19.8 Å². The highest BCUT2D eigenvalue weighted by molar-refractivity contribution is 9.10. The summed E-state index contributed by atoms with van der Waals surface area (Å²) in [6.45, 7) is 3.10. The second-order valence-electron chi connectivity index (χ2n) is 4.84. The van der Waals surface area contributed by atoms with Gasteiger partial charge in [0.25, 0.3) is 0 Å². The predicted octanol–water partition coefficient (Wildman–Crippen LogP) is 3.13. The molecule has 1 aliphatic rings. The Bertz CT molecular complexity index is 744. The molecule has 1 aliphatic heterocycles. The molecule has 6 heteroatoms. The van der Waals surface area contributed by atoms with Crippen LogP contribution in [0.15, 0.2) is 45.5 Å². The molecule has 2 N–H and O–H groups in total. The highest BCUT2D eigenvalue weighted by Gasteiger charge is 2.35. The van der Waals surface area contributed by atoms with E-state index in [1.165, 1.54) is 14.0 Å². The fraction of sp³-hybridized carbons (Fsp3) is 0.250. The maximum Gasteiger partial charge on any atom is 0.205 e. The van der Waals surface area contributed by atoms with Crippen LogP contribution in [0.1, 0.15) is 25.3 Å². The maximum atomic E-state index is 12.1. The van der Waals surface area contributed by atoms with Gasteiger partial charge in [-0.25, -0.2) is 0 Å². The van der Waals surface area contributed by atoms with Crippen LogP contribution in [0, 0.1) is 11.3 Å². The molecule has 1 atom stereocenters. The summed E-state index contributed by atoms with van der Waals surface area (Å²) in [4.78, 5) is 12.1. The van der Waals surface area contributed by atoms with E-state index in [4.69, 9.17) is 15.2 Å². The van der Waals surface area contributed by atoms with Crippen LogP contribution in [0.2, 0.25) is 0 Å². The van der Waals surface area contributed by atoms with Crippen LogP contribution in [0.3, 0.4) is 0 Å². The van der Waals surface area contributed by atoms with Crippen molar-refractivity contribution in [2.24, 2.45) is 5.73 Å². The minimum absolute atomic E-state index is 0.0111. The number of rotatable bonds is 3. The van der Waals surface area contributed by atoms with E-state index in [-0.39, 0.29) is 17.2 Å². The Morgan fingerprint density at radius 1 is 1.50 bits per heavy atom. The Balaban J connectivity index is 2.77. The Kier molecular flexibility index (Phi) is 4.57. The van der Waals surface area contributed by atoms with E-state index in [2.05, 4.69) is 22.0 Å². The van der Waals surface area contributed by atoms with Crippen LogP contribution in [-0.4, -0.2) is 12.9 Å². The summed E-state index contributed by atoms with van der Waals surface area (Å²) in [5.41, 5.74) is 7.13. The quantitative estimate of drug-likeness (QED) is 0.892. The number of nitriles is 1. The number of nitrogens with two attached hydrogens (primary N) is 1. The molecule has 0 unspecified atom stereocenters. The zero-order chi connectivity index (χ0) is 16.4. The molecule has 0 amide bonds. The highest BCUT2D eigenvalue weighted by atomic mass is 79.9. The average molecular weight is 363 g/mol. The van der Waals surface area contributed by atoms with Gasteiger partial charge in [-0.2, -0.15) is 5.26 Å². The van der Waals surface area contributed by atoms with E-state index in [9.17, 15) is 10.1 Å². The van der Waals surface area contributed by atoms with Crippen molar-refractivity contribution in [3.63, 3.8) is 0 Å². The van der Waals surface area contributed by atoms with Gasteiger partial charge in [-0.1, -0.05) is 15.9 Å². The fourth-order valence-corrected chi connectivity index (χ4v) is 2.96. The number of benzene rings is 1. The largest absolute Gasteiger partial charge is 0.496 e. The lowest BCUT2D eigenvalue weighted by atomic mass is 9.81. The molecule has 0 saturated heterocycles. The number of ether oxygens (including phenoxy) is 2. The summed E-state index contributed by atoms with van der Waals surface area (Å²) < 4.78 is 11.5. The number of nitrogens with zero attached hydrogens (tertiary/aromatic N) is 1. The number of carbonyl (C=O) groups is 1. The molecule has 0 aliphatic carbocycles. The summed E-state index contributed by atoms with van der Waals surface area (Å²) in [6.07, 6.45) is 0. The lowest BCUT2D eigenvalue weighted by Gasteiger charge is -2.27.